The van der Waals surface area contributed by atoms with Crippen LogP contribution in [0.1, 0.15) is 54.9 Å². The van der Waals surface area contributed by atoms with Gasteiger partial charge in [-0.2, -0.15) is 0 Å². The van der Waals surface area contributed by atoms with Crippen LogP contribution in [0.15, 0.2) is 22.7 Å². The van der Waals surface area contributed by atoms with E-state index in [1.807, 2.05) is 39.8 Å². The maximum Gasteiger partial charge on any atom is 0.407 e. The number of alkyl carbamates (subject to hydrolysis) is 1. The van der Waals surface area contributed by atoms with Crippen molar-refractivity contribution in [1.82, 2.24) is 5.32 Å². The van der Waals surface area contributed by atoms with Crippen LogP contribution < -0.4 is 10.1 Å². The molecule has 1 amide bonds. The zero-order valence-corrected chi connectivity index (χ0v) is 22.2. The Balaban J connectivity index is 2.66. The second kappa shape index (κ2) is 10.5. The molecule has 0 aliphatic rings. The van der Waals surface area contributed by atoms with E-state index in [0.717, 1.165) is 4.47 Å². The predicted molar refractivity (Wildman–Crippen MR) is 125 cm³/mol. The van der Waals surface area contributed by atoms with E-state index in [1.54, 1.807) is 6.07 Å². The van der Waals surface area contributed by atoms with Crippen molar-refractivity contribution in [2.45, 2.75) is 78.1 Å². The van der Waals surface area contributed by atoms with E-state index in [4.69, 9.17) is 25.5 Å². The van der Waals surface area contributed by atoms with Crippen LogP contribution in [0.2, 0.25) is 16.6 Å². The zero-order chi connectivity index (χ0) is 22.5. The van der Waals surface area contributed by atoms with Crippen LogP contribution >= 0.6 is 27.5 Å². The van der Waals surface area contributed by atoms with Gasteiger partial charge in [-0.05, 0) is 57.5 Å². The first kappa shape index (κ1) is 26.3. The first-order valence-electron chi connectivity index (χ1n) is 9.83. The standard InChI is InChI=1S/C21H35BrClNO4Si/c1-15(9-10-26-19(25)24-20(2,3)4)28-29(8,21(5,6)7)14-27-18-12-16(22)11-17(23)13-18/h11-13,15H,9-10,14H2,1-8H3,(H,24,25). The Bertz CT molecular complexity index is 670. The summed E-state index contributed by atoms with van der Waals surface area (Å²) in [6, 6.07) is 5.52. The topological polar surface area (TPSA) is 56.8 Å². The summed E-state index contributed by atoms with van der Waals surface area (Å²) >= 11 is 9.56. The van der Waals surface area contributed by atoms with Crippen LogP contribution in [0, 0.1) is 0 Å². The number of hydrogen-bond acceptors (Lipinski definition) is 4. The average Bonchev–Trinajstić information content (AvgIpc) is 2.49. The third kappa shape index (κ3) is 9.72. The average molecular weight is 509 g/mol. The van der Waals surface area contributed by atoms with E-state index in [-0.39, 0.29) is 16.7 Å². The molecule has 0 saturated carbocycles. The summed E-state index contributed by atoms with van der Waals surface area (Å²) in [5.41, 5.74) is -0.316. The Morgan fingerprint density at radius 1 is 1.21 bits per heavy atom. The van der Waals surface area contributed by atoms with Crippen molar-refractivity contribution in [3.63, 3.8) is 0 Å². The van der Waals surface area contributed by atoms with Gasteiger partial charge in [-0.3, -0.25) is 0 Å². The monoisotopic (exact) mass is 507 g/mol. The first-order valence-corrected chi connectivity index (χ1v) is 13.6. The SMILES string of the molecule is CC(CCOC(=O)NC(C)(C)C)O[Si](C)(COc1cc(Cl)cc(Br)c1)C(C)(C)C. The maximum absolute atomic E-state index is 11.8. The van der Waals surface area contributed by atoms with Crippen molar-refractivity contribution in [2.24, 2.45) is 0 Å². The molecule has 1 aromatic rings. The highest BCUT2D eigenvalue weighted by Gasteiger charge is 2.44. The molecule has 1 N–H and O–H groups in total. The molecule has 0 aliphatic heterocycles. The highest BCUT2D eigenvalue weighted by molar-refractivity contribution is 9.10. The van der Waals surface area contributed by atoms with Crippen molar-refractivity contribution < 1.29 is 18.7 Å². The van der Waals surface area contributed by atoms with E-state index in [0.29, 0.717) is 30.0 Å². The predicted octanol–water partition coefficient (Wildman–Crippen LogP) is 6.72. The summed E-state index contributed by atoms with van der Waals surface area (Å²) in [5.74, 6) is 0.714. The normalized spacial score (nSPS) is 15.4. The molecule has 0 bridgehead atoms. The molecule has 1 aromatic carbocycles. The lowest BCUT2D eigenvalue weighted by atomic mass is 10.1. The summed E-state index contributed by atoms with van der Waals surface area (Å²) in [7, 11) is -2.28. The van der Waals surface area contributed by atoms with Gasteiger partial charge in [-0.25, -0.2) is 4.79 Å². The van der Waals surface area contributed by atoms with Crippen molar-refractivity contribution >= 4 is 41.9 Å². The molecule has 0 aromatic heterocycles. The number of hydrogen-bond donors (Lipinski definition) is 1. The maximum atomic E-state index is 11.8. The van der Waals surface area contributed by atoms with Gasteiger partial charge in [0, 0.05) is 27.6 Å². The molecule has 0 saturated heterocycles. The van der Waals surface area contributed by atoms with Crippen LogP contribution in [0.25, 0.3) is 0 Å². The Labute approximate surface area is 190 Å². The van der Waals surface area contributed by atoms with Gasteiger partial charge in [0.1, 0.15) is 12.0 Å². The van der Waals surface area contributed by atoms with Crippen molar-refractivity contribution in [1.29, 1.82) is 0 Å². The van der Waals surface area contributed by atoms with Gasteiger partial charge in [0.25, 0.3) is 0 Å². The molecule has 2 unspecified atom stereocenters. The van der Waals surface area contributed by atoms with Gasteiger partial charge < -0.3 is 19.2 Å². The Morgan fingerprint density at radius 3 is 2.34 bits per heavy atom. The van der Waals surface area contributed by atoms with Crippen LogP contribution in [-0.4, -0.2) is 38.9 Å². The van der Waals surface area contributed by atoms with Crippen molar-refractivity contribution in [3.8, 4) is 5.75 Å². The molecule has 166 valence electrons. The molecule has 2 atom stereocenters. The molecular weight excluding hydrogens is 474 g/mol. The summed E-state index contributed by atoms with van der Waals surface area (Å²) in [5, 5.41) is 3.36. The van der Waals surface area contributed by atoms with Gasteiger partial charge in [0.2, 0.25) is 8.32 Å². The smallest absolute Gasteiger partial charge is 0.407 e. The largest absolute Gasteiger partial charge is 0.494 e. The van der Waals surface area contributed by atoms with E-state index in [9.17, 15) is 4.79 Å². The van der Waals surface area contributed by atoms with E-state index in [2.05, 4.69) is 48.6 Å². The fourth-order valence-corrected chi connectivity index (χ4v) is 5.55. The van der Waals surface area contributed by atoms with Crippen LogP contribution in [0.5, 0.6) is 5.75 Å². The third-order valence-electron chi connectivity index (χ3n) is 4.63. The Morgan fingerprint density at radius 2 is 1.83 bits per heavy atom. The number of carbonyl (C=O) groups is 1. The number of carbonyl (C=O) groups excluding carboxylic acids is 1. The van der Waals surface area contributed by atoms with Gasteiger partial charge >= 0.3 is 6.09 Å². The molecule has 1 rings (SSSR count). The van der Waals surface area contributed by atoms with Crippen LogP contribution in [0.4, 0.5) is 4.79 Å². The molecule has 0 fully saturated rings. The lowest BCUT2D eigenvalue weighted by Gasteiger charge is -2.40. The minimum Gasteiger partial charge on any atom is -0.494 e. The van der Waals surface area contributed by atoms with Gasteiger partial charge in [-0.15, -0.1) is 0 Å². The number of halogens is 2. The van der Waals surface area contributed by atoms with Crippen molar-refractivity contribution in [3.05, 3.63) is 27.7 Å². The minimum absolute atomic E-state index is 0.0401. The quantitative estimate of drug-likeness (QED) is 0.396. The number of amides is 1. The molecule has 8 heteroatoms. The van der Waals surface area contributed by atoms with Crippen LogP contribution in [-0.2, 0) is 9.16 Å². The molecule has 0 radical (unpaired) electrons. The summed E-state index contributed by atoms with van der Waals surface area (Å²) in [6.07, 6.45) is 0.663. The molecule has 0 aliphatic carbocycles. The number of rotatable bonds is 8. The second-order valence-electron chi connectivity index (χ2n) is 9.60. The van der Waals surface area contributed by atoms with Gasteiger partial charge in [0.05, 0.1) is 6.61 Å². The highest BCUT2D eigenvalue weighted by Crippen LogP contribution is 2.38. The second-order valence-corrected chi connectivity index (χ2v) is 15.4. The first-order chi connectivity index (χ1) is 13.1. The molecule has 29 heavy (non-hydrogen) atoms. The lowest BCUT2D eigenvalue weighted by Crippen LogP contribution is -2.52. The Hall–Kier alpha value is -0.763. The summed E-state index contributed by atoms with van der Waals surface area (Å²) in [4.78, 5) is 11.8. The fourth-order valence-electron chi connectivity index (χ4n) is 2.42. The number of benzene rings is 1. The van der Waals surface area contributed by atoms with E-state index in [1.165, 1.54) is 0 Å². The molecule has 0 heterocycles. The Kier molecular flexibility index (Phi) is 9.52. The third-order valence-corrected chi connectivity index (χ3v) is 10.1. The minimum atomic E-state index is -2.28. The molecule has 0 spiro atoms. The zero-order valence-electron chi connectivity index (χ0n) is 18.8. The number of ether oxygens (including phenoxy) is 2. The lowest BCUT2D eigenvalue weighted by molar-refractivity contribution is 0.108. The molecule has 5 nitrogen and oxygen atoms in total. The van der Waals surface area contributed by atoms with Gasteiger partial charge in [0.15, 0.2) is 0 Å². The van der Waals surface area contributed by atoms with E-state index < -0.39 is 14.4 Å². The number of nitrogens with one attached hydrogen (secondary N) is 1. The highest BCUT2D eigenvalue weighted by atomic mass is 79.9. The van der Waals surface area contributed by atoms with Crippen molar-refractivity contribution in [2.75, 3.05) is 12.8 Å². The summed E-state index contributed by atoms with van der Waals surface area (Å²) in [6.45, 7) is 16.8. The molecular formula is C21H35BrClNO4Si. The van der Waals surface area contributed by atoms with Gasteiger partial charge in [-0.1, -0.05) is 48.3 Å². The fraction of sp³-hybridized carbons (Fsp3) is 0.667. The van der Waals surface area contributed by atoms with Crippen LogP contribution in [0.3, 0.4) is 0 Å². The summed E-state index contributed by atoms with van der Waals surface area (Å²) < 4.78 is 18.8. The van der Waals surface area contributed by atoms with E-state index >= 15 is 0 Å².